The number of hydrogen-bond donors (Lipinski definition) is 2. The second-order valence-corrected chi connectivity index (χ2v) is 5.28. The molecule has 1 fully saturated rings. The van der Waals surface area contributed by atoms with Crippen molar-refractivity contribution >= 4 is 11.9 Å². The summed E-state index contributed by atoms with van der Waals surface area (Å²) in [5, 5.41) is 15.7. The van der Waals surface area contributed by atoms with Crippen molar-refractivity contribution in [2.75, 3.05) is 0 Å². The molecule has 2 N–H and O–H groups in total. The second-order valence-electron chi connectivity index (χ2n) is 5.28. The van der Waals surface area contributed by atoms with Gasteiger partial charge in [-0.15, -0.1) is 0 Å². The quantitative estimate of drug-likeness (QED) is 0.805. The molecule has 110 valence electrons. The lowest BCUT2D eigenvalue weighted by molar-refractivity contribution is -0.122. The Bertz CT molecular complexity index is 462. The minimum Gasteiger partial charge on any atom is -0.476 e. The molecule has 0 atom stereocenters. The maximum absolute atomic E-state index is 11.9. The average Bonchev–Trinajstić information content (AvgIpc) is 2.75. The van der Waals surface area contributed by atoms with Crippen molar-refractivity contribution in [1.29, 1.82) is 0 Å². The van der Waals surface area contributed by atoms with Crippen LogP contribution in [0.3, 0.4) is 0 Å². The summed E-state index contributed by atoms with van der Waals surface area (Å²) in [6.07, 6.45) is 8.94. The maximum atomic E-state index is 11.9. The third-order valence-corrected chi connectivity index (χ3v) is 3.65. The highest BCUT2D eigenvalue weighted by molar-refractivity contribution is 5.85. The van der Waals surface area contributed by atoms with Crippen LogP contribution in [0.25, 0.3) is 0 Å². The Morgan fingerprint density at radius 1 is 1.30 bits per heavy atom. The molecule has 1 amide bonds. The molecule has 0 spiro atoms. The zero-order chi connectivity index (χ0) is 14.4. The van der Waals surface area contributed by atoms with Gasteiger partial charge >= 0.3 is 5.97 Å². The molecule has 1 heterocycles. The van der Waals surface area contributed by atoms with Gasteiger partial charge in [-0.1, -0.05) is 25.7 Å². The second kappa shape index (κ2) is 7.07. The van der Waals surface area contributed by atoms with Crippen LogP contribution in [0.1, 0.15) is 55.4 Å². The summed E-state index contributed by atoms with van der Waals surface area (Å²) in [5.41, 5.74) is 0.00850. The van der Waals surface area contributed by atoms with E-state index in [1.165, 1.54) is 36.4 Å². The van der Waals surface area contributed by atoms with Gasteiger partial charge in [0.1, 0.15) is 0 Å². The monoisotopic (exact) mass is 279 g/mol. The van der Waals surface area contributed by atoms with E-state index in [2.05, 4.69) is 10.4 Å². The molecule has 1 aliphatic rings. The number of carboxylic acids is 1. The Balaban J connectivity index is 1.74. The molecule has 6 nitrogen and oxygen atoms in total. The van der Waals surface area contributed by atoms with Crippen molar-refractivity contribution in [2.45, 2.75) is 57.5 Å². The van der Waals surface area contributed by atoms with E-state index in [9.17, 15) is 9.59 Å². The standard InChI is InChI=1S/C14H21N3O3/c18-13(15-11-5-3-1-2-4-6-11)8-10-17-9-7-12(16-17)14(19)20/h7,9,11H,1-6,8,10H2,(H,15,18)(H,19,20). The van der Waals surface area contributed by atoms with Crippen LogP contribution in [-0.2, 0) is 11.3 Å². The predicted molar refractivity (Wildman–Crippen MR) is 73.4 cm³/mol. The SMILES string of the molecule is O=C(CCn1ccc(C(=O)O)n1)NC1CCCCCC1. The zero-order valence-corrected chi connectivity index (χ0v) is 11.5. The van der Waals surface area contributed by atoms with Gasteiger partial charge in [0.25, 0.3) is 0 Å². The predicted octanol–water partition coefficient (Wildman–Crippen LogP) is 1.81. The number of carboxylic acid groups (broad SMARTS) is 1. The fourth-order valence-corrected chi connectivity index (χ4v) is 2.54. The number of carbonyl (C=O) groups excluding carboxylic acids is 1. The molecule has 1 aliphatic carbocycles. The van der Waals surface area contributed by atoms with Crippen LogP contribution in [0.2, 0.25) is 0 Å². The Morgan fingerprint density at radius 2 is 2.00 bits per heavy atom. The van der Waals surface area contributed by atoms with Crippen LogP contribution < -0.4 is 5.32 Å². The lowest BCUT2D eigenvalue weighted by Crippen LogP contribution is -2.34. The third-order valence-electron chi connectivity index (χ3n) is 3.65. The third kappa shape index (κ3) is 4.36. The Kier molecular flexibility index (Phi) is 5.15. The fourth-order valence-electron chi connectivity index (χ4n) is 2.54. The van der Waals surface area contributed by atoms with E-state index in [4.69, 9.17) is 5.11 Å². The highest BCUT2D eigenvalue weighted by atomic mass is 16.4. The Hall–Kier alpha value is -1.85. The molecule has 0 radical (unpaired) electrons. The van der Waals surface area contributed by atoms with Crippen molar-refractivity contribution in [1.82, 2.24) is 15.1 Å². The van der Waals surface area contributed by atoms with Crippen LogP contribution in [-0.4, -0.2) is 32.8 Å². The van der Waals surface area contributed by atoms with Crippen molar-refractivity contribution in [3.8, 4) is 0 Å². The van der Waals surface area contributed by atoms with Crippen molar-refractivity contribution < 1.29 is 14.7 Å². The summed E-state index contributed by atoms with van der Waals surface area (Å²) in [6.45, 7) is 0.409. The van der Waals surface area contributed by atoms with Gasteiger partial charge in [-0.2, -0.15) is 5.10 Å². The molecule has 1 aromatic heterocycles. The Morgan fingerprint density at radius 3 is 2.60 bits per heavy atom. The Labute approximate surface area is 118 Å². The summed E-state index contributed by atoms with van der Waals surface area (Å²) in [4.78, 5) is 22.6. The number of hydrogen-bond acceptors (Lipinski definition) is 3. The minimum absolute atomic E-state index is 0.00850. The largest absolute Gasteiger partial charge is 0.476 e. The minimum atomic E-state index is -1.05. The number of nitrogens with zero attached hydrogens (tertiary/aromatic N) is 2. The van der Waals surface area contributed by atoms with Gasteiger partial charge in [0.15, 0.2) is 5.69 Å². The van der Waals surface area contributed by atoms with Crippen molar-refractivity contribution in [2.24, 2.45) is 0 Å². The van der Waals surface area contributed by atoms with Crippen LogP contribution >= 0.6 is 0 Å². The van der Waals surface area contributed by atoms with Gasteiger partial charge in [-0.05, 0) is 18.9 Å². The lowest BCUT2D eigenvalue weighted by atomic mass is 10.1. The van der Waals surface area contributed by atoms with E-state index >= 15 is 0 Å². The zero-order valence-electron chi connectivity index (χ0n) is 11.5. The van der Waals surface area contributed by atoms with Gasteiger partial charge in [-0.3, -0.25) is 9.48 Å². The highest BCUT2D eigenvalue weighted by Gasteiger charge is 2.14. The number of carbonyl (C=O) groups is 2. The van der Waals surface area contributed by atoms with Crippen LogP contribution in [0.4, 0.5) is 0 Å². The van der Waals surface area contributed by atoms with Crippen molar-refractivity contribution in [3.05, 3.63) is 18.0 Å². The molecular formula is C14H21N3O3. The van der Waals surface area contributed by atoms with Gasteiger partial charge in [0, 0.05) is 25.2 Å². The molecule has 20 heavy (non-hydrogen) atoms. The average molecular weight is 279 g/mol. The van der Waals surface area contributed by atoms with Crippen molar-refractivity contribution in [3.63, 3.8) is 0 Å². The van der Waals surface area contributed by atoms with Gasteiger partial charge < -0.3 is 10.4 Å². The number of rotatable bonds is 5. The molecule has 6 heteroatoms. The topological polar surface area (TPSA) is 84.2 Å². The number of aromatic nitrogens is 2. The van der Waals surface area contributed by atoms with E-state index in [-0.39, 0.29) is 11.6 Å². The molecule has 0 bridgehead atoms. The van der Waals surface area contributed by atoms with Crippen LogP contribution in [0, 0.1) is 0 Å². The molecule has 0 aromatic carbocycles. The van der Waals surface area contributed by atoms with Crippen LogP contribution in [0.5, 0.6) is 0 Å². The molecule has 0 saturated heterocycles. The first-order valence-electron chi connectivity index (χ1n) is 7.21. The van der Waals surface area contributed by atoms with Gasteiger partial charge in [-0.25, -0.2) is 4.79 Å². The van der Waals surface area contributed by atoms with E-state index < -0.39 is 5.97 Å². The summed E-state index contributed by atoms with van der Waals surface area (Å²) in [6, 6.07) is 1.74. The van der Waals surface area contributed by atoms with Crippen LogP contribution in [0.15, 0.2) is 12.3 Å². The maximum Gasteiger partial charge on any atom is 0.356 e. The summed E-state index contributed by atoms with van der Waals surface area (Å²) in [7, 11) is 0. The molecule has 1 aromatic rings. The fraction of sp³-hybridized carbons (Fsp3) is 0.643. The van der Waals surface area contributed by atoms with Gasteiger partial charge in [0.05, 0.1) is 0 Å². The molecule has 0 unspecified atom stereocenters. The van der Waals surface area contributed by atoms with E-state index in [0.29, 0.717) is 19.0 Å². The summed E-state index contributed by atoms with van der Waals surface area (Å²) in [5.74, 6) is -1.03. The normalized spacial score (nSPS) is 16.6. The first-order chi connectivity index (χ1) is 9.65. The molecular weight excluding hydrogens is 258 g/mol. The summed E-state index contributed by atoms with van der Waals surface area (Å²) < 4.78 is 1.50. The summed E-state index contributed by atoms with van der Waals surface area (Å²) >= 11 is 0. The molecule has 0 aliphatic heterocycles. The lowest BCUT2D eigenvalue weighted by Gasteiger charge is -2.16. The highest BCUT2D eigenvalue weighted by Crippen LogP contribution is 2.17. The smallest absolute Gasteiger partial charge is 0.356 e. The van der Waals surface area contributed by atoms with Gasteiger partial charge in [0.2, 0.25) is 5.91 Å². The first-order valence-corrected chi connectivity index (χ1v) is 7.21. The molecule has 1 saturated carbocycles. The number of amides is 1. The van der Waals surface area contributed by atoms with E-state index in [1.807, 2.05) is 0 Å². The first kappa shape index (κ1) is 14.6. The van der Waals surface area contributed by atoms with E-state index in [1.54, 1.807) is 6.20 Å². The van der Waals surface area contributed by atoms with E-state index in [0.717, 1.165) is 12.8 Å². The number of nitrogens with one attached hydrogen (secondary N) is 1. The number of aromatic carboxylic acids is 1. The number of aryl methyl sites for hydroxylation is 1. The molecule has 2 rings (SSSR count).